The molecule has 2 heterocycles. The molecule has 0 amide bonds. The highest BCUT2D eigenvalue weighted by Crippen LogP contribution is 2.50. The molecule has 8 nitrogen and oxygen atoms in total. The predicted octanol–water partition coefficient (Wildman–Crippen LogP) is 1.95. The number of ketones is 1. The van der Waals surface area contributed by atoms with Crippen LogP contribution >= 0.6 is 0 Å². The summed E-state index contributed by atoms with van der Waals surface area (Å²) in [6, 6.07) is 2.31. The van der Waals surface area contributed by atoms with Gasteiger partial charge in [0, 0.05) is 12.1 Å². The summed E-state index contributed by atoms with van der Waals surface area (Å²) in [5, 5.41) is 26.1. The Morgan fingerprint density at radius 2 is 2.10 bits per heavy atom. The van der Waals surface area contributed by atoms with Crippen LogP contribution in [0.2, 0.25) is 0 Å². The van der Waals surface area contributed by atoms with E-state index in [1.54, 1.807) is 24.9 Å². The Balaban J connectivity index is 0.000000347. The fraction of sp³-hybridized carbons (Fsp3) is 0.762. The van der Waals surface area contributed by atoms with Crippen molar-refractivity contribution in [3.63, 3.8) is 0 Å². The summed E-state index contributed by atoms with van der Waals surface area (Å²) in [5.41, 5.74) is 0.0751. The molecule has 8 heteroatoms. The Kier molecular flexibility index (Phi) is 9.94. The van der Waals surface area contributed by atoms with Crippen molar-refractivity contribution in [1.82, 2.24) is 30.8 Å². The SMILES string of the molecule is C#CC.CC(=O)CN[C@@]1(C)CC[C@@H](Cn2cnnn2)C1(C)C.N#C[C@@H]1CCCN1. The largest absolute Gasteiger partial charge is 0.304 e. The van der Waals surface area contributed by atoms with Crippen LogP contribution in [0.4, 0.5) is 0 Å². The van der Waals surface area contributed by atoms with Crippen LogP contribution in [0, 0.1) is 35.0 Å². The van der Waals surface area contributed by atoms with Crippen molar-refractivity contribution in [2.75, 3.05) is 13.1 Å². The van der Waals surface area contributed by atoms with E-state index in [-0.39, 0.29) is 22.8 Å². The fourth-order valence-electron chi connectivity index (χ4n) is 3.84. The lowest BCUT2D eigenvalue weighted by molar-refractivity contribution is -0.116. The normalized spacial score (nSPS) is 26.9. The highest BCUT2D eigenvalue weighted by Gasteiger charge is 2.51. The Bertz CT molecular complexity index is 696. The number of nitriles is 1. The van der Waals surface area contributed by atoms with Crippen molar-refractivity contribution in [2.45, 2.75) is 78.4 Å². The maximum atomic E-state index is 11.2. The molecule has 2 aliphatic rings. The summed E-state index contributed by atoms with van der Waals surface area (Å²) >= 11 is 0. The monoisotopic (exact) mass is 401 g/mol. The molecule has 160 valence electrons. The number of terminal acetylenes is 1. The fourth-order valence-corrected chi connectivity index (χ4v) is 3.84. The third-order valence-electron chi connectivity index (χ3n) is 6.18. The van der Waals surface area contributed by atoms with Gasteiger partial charge in [-0.25, -0.2) is 4.68 Å². The van der Waals surface area contributed by atoms with Crippen LogP contribution in [0.5, 0.6) is 0 Å². The first-order valence-corrected chi connectivity index (χ1v) is 10.2. The number of rotatable bonds is 5. The third kappa shape index (κ3) is 7.23. The minimum atomic E-state index is -0.0165. The second-order valence-electron chi connectivity index (χ2n) is 8.44. The topological polar surface area (TPSA) is 109 Å². The number of Topliss-reactive ketones (excluding diaryl/α,β-unsaturated/α-hetero) is 1. The van der Waals surface area contributed by atoms with Gasteiger partial charge in [0.2, 0.25) is 0 Å². The molecule has 29 heavy (non-hydrogen) atoms. The minimum absolute atomic E-state index is 0.0165. The Morgan fingerprint density at radius 3 is 2.55 bits per heavy atom. The molecule has 1 aromatic heterocycles. The summed E-state index contributed by atoms with van der Waals surface area (Å²) in [4.78, 5) is 11.2. The standard InChI is InChI=1S/C13H23N5O.C5H8N2.C3H4/c1-10(19)7-14-13(4)6-5-11(12(13,2)3)8-18-9-15-16-17-18;6-4-5-2-1-3-7-5;1-3-2/h9,11,14H,5-8H2,1-4H3;5,7H,1-3H2;1H,2H3/t11-,13-;5-;/m00./s1. The van der Waals surface area contributed by atoms with Gasteiger partial charge in [-0.2, -0.15) is 5.26 Å². The van der Waals surface area contributed by atoms with Crippen molar-refractivity contribution >= 4 is 5.78 Å². The maximum absolute atomic E-state index is 11.2. The zero-order chi connectivity index (χ0) is 21.9. The van der Waals surface area contributed by atoms with Gasteiger partial charge in [-0.15, -0.1) is 17.4 Å². The maximum Gasteiger partial charge on any atom is 0.143 e. The van der Waals surface area contributed by atoms with Crippen LogP contribution in [0.3, 0.4) is 0 Å². The molecule has 0 bridgehead atoms. The lowest BCUT2D eigenvalue weighted by Crippen LogP contribution is -2.53. The molecule has 0 aromatic carbocycles. The highest BCUT2D eigenvalue weighted by atomic mass is 16.1. The lowest BCUT2D eigenvalue weighted by Gasteiger charge is -2.42. The smallest absolute Gasteiger partial charge is 0.143 e. The first-order chi connectivity index (χ1) is 13.7. The Morgan fingerprint density at radius 1 is 1.41 bits per heavy atom. The van der Waals surface area contributed by atoms with Gasteiger partial charge < -0.3 is 10.6 Å². The van der Waals surface area contributed by atoms with Crippen LogP contribution in [0.15, 0.2) is 6.33 Å². The zero-order valence-electron chi connectivity index (χ0n) is 18.4. The van der Waals surface area contributed by atoms with Crippen LogP contribution in [0.25, 0.3) is 0 Å². The predicted molar refractivity (Wildman–Crippen MR) is 113 cm³/mol. The Labute approximate surface area is 174 Å². The van der Waals surface area contributed by atoms with Crippen molar-refractivity contribution in [2.24, 2.45) is 11.3 Å². The molecular formula is C21H35N7O. The minimum Gasteiger partial charge on any atom is -0.304 e. The molecular weight excluding hydrogens is 366 g/mol. The van der Waals surface area contributed by atoms with Crippen LogP contribution in [0.1, 0.15) is 60.3 Å². The number of aromatic nitrogens is 4. The van der Waals surface area contributed by atoms with E-state index >= 15 is 0 Å². The number of tetrazole rings is 1. The molecule has 1 aliphatic heterocycles. The highest BCUT2D eigenvalue weighted by molar-refractivity contribution is 5.77. The molecule has 3 rings (SSSR count). The third-order valence-corrected chi connectivity index (χ3v) is 6.18. The van der Waals surface area contributed by atoms with Crippen LogP contribution < -0.4 is 10.6 Å². The molecule has 1 aliphatic carbocycles. The van der Waals surface area contributed by atoms with E-state index in [0.717, 1.165) is 38.8 Å². The van der Waals surface area contributed by atoms with E-state index in [4.69, 9.17) is 5.26 Å². The van der Waals surface area contributed by atoms with E-state index in [1.165, 1.54) is 0 Å². The molecule has 1 saturated carbocycles. The molecule has 2 N–H and O–H groups in total. The van der Waals surface area contributed by atoms with Gasteiger partial charge >= 0.3 is 0 Å². The number of carbonyl (C=O) groups is 1. The quantitative estimate of drug-likeness (QED) is 0.726. The van der Waals surface area contributed by atoms with Crippen LogP contribution in [-0.2, 0) is 11.3 Å². The lowest BCUT2D eigenvalue weighted by atomic mass is 9.71. The van der Waals surface area contributed by atoms with Gasteiger partial charge in [0.15, 0.2) is 0 Å². The second kappa shape index (κ2) is 11.6. The van der Waals surface area contributed by atoms with E-state index < -0.39 is 0 Å². The average Bonchev–Trinajstić information content (AvgIpc) is 3.40. The van der Waals surface area contributed by atoms with Gasteiger partial charge in [0.1, 0.15) is 12.1 Å². The van der Waals surface area contributed by atoms with E-state index in [1.807, 2.05) is 0 Å². The number of nitrogens with zero attached hydrogens (tertiary/aromatic N) is 5. The zero-order valence-corrected chi connectivity index (χ0v) is 18.4. The van der Waals surface area contributed by atoms with Gasteiger partial charge in [-0.3, -0.25) is 4.79 Å². The van der Waals surface area contributed by atoms with Crippen molar-refractivity contribution in [3.8, 4) is 18.4 Å². The van der Waals surface area contributed by atoms with Gasteiger partial charge in [-0.1, -0.05) is 13.8 Å². The molecule has 2 fully saturated rings. The second-order valence-corrected chi connectivity index (χ2v) is 8.44. The number of carbonyl (C=O) groups excluding carboxylic acids is 1. The van der Waals surface area contributed by atoms with Crippen LogP contribution in [-0.4, -0.2) is 50.7 Å². The van der Waals surface area contributed by atoms with Gasteiger partial charge in [0.25, 0.3) is 0 Å². The summed E-state index contributed by atoms with van der Waals surface area (Å²) in [6.07, 6.45) is 10.7. The molecule has 0 spiro atoms. The molecule has 0 unspecified atom stereocenters. The summed E-state index contributed by atoms with van der Waals surface area (Å²) in [6.45, 7) is 12.3. The molecule has 3 atom stereocenters. The van der Waals surface area contributed by atoms with Gasteiger partial charge in [-0.05, 0) is 74.8 Å². The van der Waals surface area contributed by atoms with E-state index in [0.29, 0.717) is 12.5 Å². The summed E-state index contributed by atoms with van der Waals surface area (Å²) < 4.78 is 1.79. The molecule has 1 aromatic rings. The first-order valence-electron chi connectivity index (χ1n) is 10.2. The van der Waals surface area contributed by atoms with E-state index in [2.05, 4.69) is 65.3 Å². The average molecular weight is 402 g/mol. The number of hydrogen-bond acceptors (Lipinski definition) is 7. The van der Waals surface area contributed by atoms with Crippen molar-refractivity contribution in [1.29, 1.82) is 5.26 Å². The summed E-state index contributed by atoms with van der Waals surface area (Å²) in [5.74, 6) is 2.93. The molecule has 0 radical (unpaired) electrons. The molecule has 1 saturated heterocycles. The van der Waals surface area contributed by atoms with E-state index in [9.17, 15) is 4.79 Å². The van der Waals surface area contributed by atoms with Gasteiger partial charge in [0.05, 0.1) is 18.7 Å². The number of nitrogens with one attached hydrogen (secondary N) is 2. The Hall–Kier alpha value is -2.29. The summed E-state index contributed by atoms with van der Waals surface area (Å²) in [7, 11) is 0. The first kappa shape index (κ1) is 24.7. The van der Waals surface area contributed by atoms with Crippen molar-refractivity contribution < 1.29 is 4.79 Å². The van der Waals surface area contributed by atoms with Crippen molar-refractivity contribution in [3.05, 3.63) is 6.33 Å². The number of hydrogen-bond donors (Lipinski definition) is 2.